The van der Waals surface area contributed by atoms with E-state index in [0.29, 0.717) is 11.6 Å². The van der Waals surface area contributed by atoms with Crippen LogP contribution in [0.1, 0.15) is 26.3 Å². The third kappa shape index (κ3) is 5.39. The topological polar surface area (TPSA) is 24.5 Å². The van der Waals surface area contributed by atoms with Gasteiger partial charge in [-0.15, -0.1) is 0 Å². The maximum atomic E-state index is 6.23. The van der Waals surface area contributed by atoms with Crippen molar-refractivity contribution < 1.29 is 4.74 Å². The first-order valence-electron chi connectivity index (χ1n) is 7.06. The van der Waals surface area contributed by atoms with Crippen molar-refractivity contribution in [2.75, 3.05) is 32.8 Å². The fourth-order valence-electron chi connectivity index (χ4n) is 1.93. The molecule has 0 fully saturated rings. The van der Waals surface area contributed by atoms with E-state index in [0.717, 1.165) is 44.0 Å². The van der Waals surface area contributed by atoms with Gasteiger partial charge >= 0.3 is 0 Å². The minimum Gasteiger partial charge on any atom is -0.490 e. The minimum absolute atomic E-state index is 0.671. The molecular formula is C15H25ClN2O. The van der Waals surface area contributed by atoms with Gasteiger partial charge in [-0.2, -0.15) is 0 Å². The molecule has 0 aromatic heterocycles. The quantitative estimate of drug-likeness (QED) is 0.754. The molecule has 0 unspecified atom stereocenters. The molecule has 1 aromatic carbocycles. The number of benzene rings is 1. The van der Waals surface area contributed by atoms with Crippen molar-refractivity contribution in [3.63, 3.8) is 0 Å². The van der Waals surface area contributed by atoms with Gasteiger partial charge in [-0.25, -0.2) is 0 Å². The van der Waals surface area contributed by atoms with Crippen LogP contribution in [0.15, 0.2) is 18.2 Å². The monoisotopic (exact) mass is 284 g/mol. The van der Waals surface area contributed by atoms with Crippen LogP contribution in [-0.4, -0.2) is 37.7 Å². The first-order valence-corrected chi connectivity index (χ1v) is 7.43. The highest BCUT2D eigenvalue weighted by Crippen LogP contribution is 2.28. The summed E-state index contributed by atoms with van der Waals surface area (Å²) < 4.78 is 5.89. The first kappa shape index (κ1) is 16.3. The summed E-state index contributed by atoms with van der Waals surface area (Å²) in [6.45, 7) is 11.8. The number of ether oxygens (including phenoxy) is 1. The number of rotatable bonds is 9. The second-order valence-electron chi connectivity index (χ2n) is 4.38. The molecule has 1 N–H and O–H groups in total. The maximum Gasteiger partial charge on any atom is 0.142 e. The van der Waals surface area contributed by atoms with Gasteiger partial charge in [-0.3, -0.25) is 0 Å². The van der Waals surface area contributed by atoms with E-state index in [2.05, 4.69) is 37.1 Å². The van der Waals surface area contributed by atoms with Crippen molar-refractivity contribution in [2.45, 2.75) is 27.3 Å². The maximum absolute atomic E-state index is 6.23. The van der Waals surface area contributed by atoms with Crippen LogP contribution in [0.3, 0.4) is 0 Å². The van der Waals surface area contributed by atoms with Gasteiger partial charge in [0.1, 0.15) is 12.4 Å². The number of nitrogens with one attached hydrogen (secondary N) is 1. The van der Waals surface area contributed by atoms with E-state index < -0.39 is 0 Å². The summed E-state index contributed by atoms with van der Waals surface area (Å²) in [5.74, 6) is 0.817. The molecule has 108 valence electrons. The average molecular weight is 285 g/mol. The van der Waals surface area contributed by atoms with Gasteiger partial charge in [0.15, 0.2) is 0 Å². The Morgan fingerprint density at radius 3 is 2.58 bits per heavy atom. The minimum atomic E-state index is 0.671. The molecule has 0 saturated carbocycles. The van der Waals surface area contributed by atoms with Gasteiger partial charge in [0.05, 0.1) is 5.02 Å². The van der Waals surface area contributed by atoms with E-state index in [1.165, 1.54) is 0 Å². The largest absolute Gasteiger partial charge is 0.490 e. The van der Waals surface area contributed by atoms with Crippen molar-refractivity contribution in [1.29, 1.82) is 0 Å². The van der Waals surface area contributed by atoms with Crippen LogP contribution in [0.25, 0.3) is 0 Å². The molecule has 0 amide bonds. The van der Waals surface area contributed by atoms with Crippen molar-refractivity contribution in [3.8, 4) is 5.75 Å². The molecule has 0 aliphatic carbocycles. The predicted molar refractivity (Wildman–Crippen MR) is 82.1 cm³/mol. The summed E-state index contributed by atoms with van der Waals surface area (Å²) in [5.41, 5.74) is 1.12. The first-order chi connectivity index (χ1) is 9.22. The molecule has 1 rings (SSSR count). The molecule has 0 aliphatic rings. The molecular weight excluding hydrogens is 260 g/mol. The average Bonchev–Trinajstić information content (AvgIpc) is 2.43. The van der Waals surface area contributed by atoms with Crippen molar-refractivity contribution in [2.24, 2.45) is 0 Å². The van der Waals surface area contributed by atoms with Crippen LogP contribution in [-0.2, 0) is 6.54 Å². The lowest BCUT2D eigenvalue weighted by Crippen LogP contribution is -2.28. The van der Waals surface area contributed by atoms with Crippen molar-refractivity contribution >= 4 is 11.6 Å². The number of likely N-dealkylation sites (N-methyl/N-ethyl adjacent to an activating group) is 1. The Balaban J connectivity index is 2.60. The normalized spacial score (nSPS) is 11.0. The third-order valence-corrected chi connectivity index (χ3v) is 3.46. The summed E-state index contributed by atoms with van der Waals surface area (Å²) in [6, 6.07) is 5.90. The predicted octanol–water partition coefficient (Wildman–Crippen LogP) is 3.17. The number of halogens is 1. The highest BCUT2D eigenvalue weighted by Gasteiger charge is 2.08. The SMILES string of the molecule is CCNCc1cccc(Cl)c1OCCN(CC)CC. The van der Waals surface area contributed by atoms with Crippen LogP contribution in [0.2, 0.25) is 5.02 Å². The zero-order chi connectivity index (χ0) is 14.1. The zero-order valence-corrected chi connectivity index (χ0v) is 13.0. The Morgan fingerprint density at radius 1 is 1.21 bits per heavy atom. The van der Waals surface area contributed by atoms with Gasteiger partial charge in [0.25, 0.3) is 0 Å². The molecule has 0 bridgehead atoms. The summed E-state index contributed by atoms with van der Waals surface area (Å²) in [4.78, 5) is 2.33. The number of nitrogens with zero attached hydrogens (tertiary/aromatic N) is 1. The lowest BCUT2D eigenvalue weighted by atomic mass is 10.2. The molecule has 19 heavy (non-hydrogen) atoms. The highest BCUT2D eigenvalue weighted by molar-refractivity contribution is 6.32. The van der Waals surface area contributed by atoms with Crippen LogP contribution >= 0.6 is 11.6 Å². The molecule has 0 aliphatic heterocycles. The fourth-order valence-corrected chi connectivity index (χ4v) is 2.18. The second-order valence-corrected chi connectivity index (χ2v) is 4.79. The van der Waals surface area contributed by atoms with Gasteiger partial charge < -0.3 is 15.0 Å². The van der Waals surface area contributed by atoms with Gasteiger partial charge in [0, 0.05) is 18.7 Å². The van der Waals surface area contributed by atoms with Crippen LogP contribution < -0.4 is 10.1 Å². The smallest absolute Gasteiger partial charge is 0.142 e. The summed E-state index contributed by atoms with van der Waals surface area (Å²) in [7, 11) is 0. The Bertz CT molecular complexity index is 367. The molecule has 0 saturated heterocycles. The van der Waals surface area contributed by atoms with Gasteiger partial charge in [-0.05, 0) is 25.7 Å². The standard InChI is InChI=1S/C15H25ClN2O/c1-4-17-12-13-8-7-9-14(16)15(13)19-11-10-18(5-2)6-3/h7-9,17H,4-6,10-12H2,1-3H3. The van der Waals surface area contributed by atoms with E-state index in [4.69, 9.17) is 16.3 Å². The second kappa shape index (κ2) is 9.18. The Kier molecular flexibility index (Phi) is 7.87. The Morgan fingerprint density at radius 2 is 1.95 bits per heavy atom. The number of para-hydroxylation sites is 1. The molecule has 0 heterocycles. The van der Waals surface area contributed by atoms with Crippen molar-refractivity contribution in [3.05, 3.63) is 28.8 Å². The highest BCUT2D eigenvalue weighted by atomic mass is 35.5. The number of hydrogen-bond donors (Lipinski definition) is 1. The van der Waals surface area contributed by atoms with Gasteiger partial charge in [-0.1, -0.05) is 44.5 Å². The van der Waals surface area contributed by atoms with E-state index in [9.17, 15) is 0 Å². The third-order valence-electron chi connectivity index (χ3n) is 3.16. The van der Waals surface area contributed by atoms with Crippen LogP contribution in [0.4, 0.5) is 0 Å². The van der Waals surface area contributed by atoms with E-state index in [-0.39, 0.29) is 0 Å². The molecule has 4 heteroatoms. The molecule has 3 nitrogen and oxygen atoms in total. The van der Waals surface area contributed by atoms with E-state index >= 15 is 0 Å². The van der Waals surface area contributed by atoms with Gasteiger partial charge in [0.2, 0.25) is 0 Å². The molecule has 0 radical (unpaired) electrons. The summed E-state index contributed by atoms with van der Waals surface area (Å²) >= 11 is 6.23. The van der Waals surface area contributed by atoms with Crippen LogP contribution in [0, 0.1) is 0 Å². The lowest BCUT2D eigenvalue weighted by Gasteiger charge is -2.19. The molecule has 0 atom stereocenters. The fraction of sp³-hybridized carbons (Fsp3) is 0.600. The Labute approximate surface area is 121 Å². The molecule has 1 aromatic rings. The number of hydrogen-bond acceptors (Lipinski definition) is 3. The summed E-state index contributed by atoms with van der Waals surface area (Å²) in [6.07, 6.45) is 0. The lowest BCUT2D eigenvalue weighted by molar-refractivity contribution is 0.221. The Hall–Kier alpha value is -0.770. The molecule has 0 spiro atoms. The summed E-state index contributed by atoms with van der Waals surface area (Å²) in [5, 5.41) is 3.99. The van der Waals surface area contributed by atoms with E-state index in [1.54, 1.807) is 0 Å². The van der Waals surface area contributed by atoms with Crippen LogP contribution in [0.5, 0.6) is 5.75 Å². The van der Waals surface area contributed by atoms with E-state index in [1.807, 2.05) is 12.1 Å². The van der Waals surface area contributed by atoms with Crippen molar-refractivity contribution in [1.82, 2.24) is 10.2 Å². The zero-order valence-electron chi connectivity index (χ0n) is 12.2.